The van der Waals surface area contributed by atoms with Crippen LogP contribution in [0.2, 0.25) is 0 Å². The maximum Gasteiger partial charge on any atom is 0.317 e. The molecule has 5 heteroatoms. The van der Waals surface area contributed by atoms with E-state index in [1.54, 1.807) is 0 Å². The minimum atomic E-state index is -0.476. The maximum absolute atomic E-state index is 12.2. The van der Waals surface area contributed by atoms with E-state index < -0.39 is 5.54 Å². The number of piperidine rings is 1. The van der Waals surface area contributed by atoms with E-state index in [2.05, 4.69) is 12.2 Å². The minimum Gasteiger partial charge on any atom is -0.394 e. The van der Waals surface area contributed by atoms with Crippen molar-refractivity contribution in [2.75, 3.05) is 32.9 Å². The molecule has 5 nitrogen and oxygen atoms in total. The lowest BCUT2D eigenvalue weighted by atomic mass is 9.91. The number of ether oxygens (including phenoxy) is 1. The van der Waals surface area contributed by atoms with Gasteiger partial charge in [-0.1, -0.05) is 6.92 Å². The second-order valence-corrected chi connectivity index (χ2v) is 5.67. The van der Waals surface area contributed by atoms with Crippen molar-refractivity contribution >= 4 is 6.03 Å². The third-order valence-corrected chi connectivity index (χ3v) is 4.07. The van der Waals surface area contributed by atoms with Gasteiger partial charge in [0.05, 0.1) is 12.1 Å². The fourth-order valence-corrected chi connectivity index (χ4v) is 2.76. The Morgan fingerprint density at radius 1 is 1.50 bits per heavy atom. The topological polar surface area (TPSA) is 61.8 Å². The van der Waals surface area contributed by atoms with E-state index in [-0.39, 0.29) is 12.6 Å². The van der Waals surface area contributed by atoms with Crippen LogP contribution in [0.4, 0.5) is 4.79 Å². The van der Waals surface area contributed by atoms with Crippen molar-refractivity contribution < 1.29 is 14.6 Å². The molecule has 2 amide bonds. The van der Waals surface area contributed by atoms with Crippen LogP contribution in [-0.4, -0.2) is 54.5 Å². The van der Waals surface area contributed by atoms with Crippen LogP contribution in [0.1, 0.15) is 32.6 Å². The number of aliphatic hydroxyl groups is 1. The molecule has 0 spiro atoms. The normalized spacial score (nSPS) is 27.9. The number of hydrogen-bond acceptors (Lipinski definition) is 3. The molecule has 2 rings (SSSR count). The Morgan fingerprint density at radius 3 is 2.83 bits per heavy atom. The molecule has 0 bridgehead atoms. The zero-order chi connectivity index (χ0) is 13.0. The summed E-state index contributed by atoms with van der Waals surface area (Å²) in [6.45, 7) is 5.04. The quantitative estimate of drug-likeness (QED) is 0.774. The van der Waals surface area contributed by atoms with Gasteiger partial charge in [0.15, 0.2) is 0 Å². The minimum absolute atomic E-state index is 0.00844. The third-order valence-electron chi connectivity index (χ3n) is 4.07. The van der Waals surface area contributed by atoms with Crippen molar-refractivity contribution in [3.8, 4) is 0 Å². The number of aliphatic hydroxyl groups excluding tert-OH is 1. The van der Waals surface area contributed by atoms with Gasteiger partial charge >= 0.3 is 6.03 Å². The molecule has 2 aliphatic heterocycles. The summed E-state index contributed by atoms with van der Waals surface area (Å²) in [5.41, 5.74) is -0.476. The van der Waals surface area contributed by atoms with Gasteiger partial charge in [-0.3, -0.25) is 0 Å². The van der Waals surface area contributed by atoms with E-state index >= 15 is 0 Å². The molecule has 2 saturated heterocycles. The molecule has 1 atom stereocenters. The predicted octanol–water partition coefficient (Wildman–Crippen LogP) is 0.969. The second-order valence-electron chi connectivity index (χ2n) is 5.67. The number of nitrogens with zero attached hydrogens (tertiary/aromatic N) is 1. The molecule has 2 N–H and O–H groups in total. The lowest BCUT2D eigenvalue weighted by molar-refractivity contribution is 0.0140. The molecule has 18 heavy (non-hydrogen) atoms. The number of hydrogen-bond donors (Lipinski definition) is 2. The zero-order valence-corrected chi connectivity index (χ0v) is 11.2. The standard InChI is InChI=1S/C13H24N2O3/c1-11-3-2-6-15(9-11)12(17)14-13(10-16)4-7-18-8-5-13/h11,16H,2-10H2,1H3,(H,14,17). The Morgan fingerprint density at radius 2 is 2.22 bits per heavy atom. The third kappa shape index (κ3) is 3.14. The molecule has 0 aromatic heterocycles. The summed E-state index contributed by atoms with van der Waals surface area (Å²) in [4.78, 5) is 14.1. The molecule has 0 aliphatic carbocycles. The van der Waals surface area contributed by atoms with Crippen molar-refractivity contribution in [3.63, 3.8) is 0 Å². The number of nitrogens with one attached hydrogen (secondary N) is 1. The highest BCUT2D eigenvalue weighted by Gasteiger charge is 2.35. The number of urea groups is 1. The molecule has 2 aliphatic rings. The van der Waals surface area contributed by atoms with Crippen LogP contribution in [0.15, 0.2) is 0 Å². The van der Waals surface area contributed by atoms with Gasteiger partial charge < -0.3 is 20.1 Å². The smallest absolute Gasteiger partial charge is 0.317 e. The fraction of sp³-hybridized carbons (Fsp3) is 0.923. The van der Waals surface area contributed by atoms with Gasteiger partial charge in [-0.05, 0) is 31.6 Å². The number of rotatable bonds is 2. The highest BCUT2D eigenvalue weighted by molar-refractivity contribution is 5.75. The first kappa shape index (κ1) is 13.6. The summed E-state index contributed by atoms with van der Waals surface area (Å²) in [5, 5.41) is 12.6. The number of likely N-dealkylation sites (tertiary alicyclic amines) is 1. The van der Waals surface area contributed by atoms with Crippen LogP contribution in [0, 0.1) is 5.92 Å². The molecule has 2 fully saturated rings. The summed E-state index contributed by atoms with van der Waals surface area (Å²) in [7, 11) is 0. The van der Waals surface area contributed by atoms with Crippen molar-refractivity contribution in [3.05, 3.63) is 0 Å². The Balaban J connectivity index is 1.92. The fourth-order valence-electron chi connectivity index (χ4n) is 2.76. The van der Waals surface area contributed by atoms with Gasteiger partial charge in [0.25, 0.3) is 0 Å². The highest BCUT2D eigenvalue weighted by Crippen LogP contribution is 2.22. The molecule has 0 radical (unpaired) electrons. The van der Waals surface area contributed by atoms with Crippen molar-refractivity contribution in [2.24, 2.45) is 5.92 Å². The van der Waals surface area contributed by atoms with Gasteiger partial charge in [0.1, 0.15) is 0 Å². The van der Waals surface area contributed by atoms with Crippen LogP contribution in [0.5, 0.6) is 0 Å². The molecule has 0 saturated carbocycles. The maximum atomic E-state index is 12.2. The summed E-state index contributed by atoms with van der Waals surface area (Å²) >= 11 is 0. The summed E-state index contributed by atoms with van der Waals surface area (Å²) < 4.78 is 5.29. The van der Waals surface area contributed by atoms with E-state index in [1.165, 1.54) is 6.42 Å². The average Bonchev–Trinajstić information content (AvgIpc) is 2.40. The zero-order valence-electron chi connectivity index (χ0n) is 11.2. The molecule has 2 heterocycles. The number of amides is 2. The largest absolute Gasteiger partial charge is 0.394 e. The summed E-state index contributed by atoms with van der Waals surface area (Å²) in [5.74, 6) is 0.573. The van der Waals surface area contributed by atoms with E-state index in [9.17, 15) is 9.90 Å². The lowest BCUT2D eigenvalue weighted by Crippen LogP contribution is -2.58. The van der Waals surface area contributed by atoms with E-state index in [0.29, 0.717) is 32.0 Å². The monoisotopic (exact) mass is 256 g/mol. The van der Waals surface area contributed by atoms with Crippen molar-refractivity contribution in [1.82, 2.24) is 10.2 Å². The predicted molar refractivity (Wildman–Crippen MR) is 68.4 cm³/mol. The Bertz CT molecular complexity index is 290. The van der Waals surface area contributed by atoms with Gasteiger partial charge in [-0.15, -0.1) is 0 Å². The molecule has 0 aromatic rings. The molecule has 104 valence electrons. The molecule has 0 aromatic carbocycles. The SMILES string of the molecule is CC1CCCN(C(=O)NC2(CO)CCOCC2)C1. The summed E-state index contributed by atoms with van der Waals surface area (Å²) in [6.07, 6.45) is 3.66. The first-order valence-corrected chi connectivity index (χ1v) is 6.91. The van der Waals surface area contributed by atoms with Crippen LogP contribution < -0.4 is 5.32 Å². The first-order valence-electron chi connectivity index (χ1n) is 6.91. The van der Waals surface area contributed by atoms with Gasteiger partial charge in [0.2, 0.25) is 0 Å². The van der Waals surface area contributed by atoms with Gasteiger partial charge in [-0.2, -0.15) is 0 Å². The Hall–Kier alpha value is -0.810. The van der Waals surface area contributed by atoms with E-state index in [4.69, 9.17) is 4.74 Å². The average molecular weight is 256 g/mol. The van der Waals surface area contributed by atoms with Crippen molar-refractivity contribution in [2.45, 2.75) is 38.1 Å². The van der Waals surface area contributed by atoms with Gasteiger partial charge in [-0.25, -0.2) is 4.79 Å². The van der Waals surface area contributed by atoms with Crippen LogP contribution in [-0.2, 0) is 4.74 Å². The van der Waals surface area contributed by atoms with E-state index in [1.807, 2.05) is 4.90 Å². The molecular weight excluding hydrogens is 232 g/mol. The van der Waals surface area contributed by atoms with Gasteiger partial charge in [0, 0.05) is 26.3 Å². The highest BCUT2D eigenvalue weighted by atomic mass is 16.5. The lowest BCUT2D eigenvalue weighted by Gasteiger charge is -2.39. The second kappa shape index (κ2) is 5.89. The Labute approximate surface area is 108 Å². The molecular formula is C13H24N2O3. The van der Waals surface area contributed by atoms with Crippen LogP contribution in [0.25, 0.3) is 0 Å². The van der Waals surface area contributed by atoms with E-state index in [0.717, 1.165) is 19.5 Å². The van der Waals surface area contributed by atoms with Crippen molar-refractivity contribution in [1.29, 1.82) is 0 Å². The van der Waals surface area contributed by atoms with Crippen LogP contribution in [0.3, 0.4) is 0 Å². The molecule has 1 unspecified atom stereocenters. The van der Waals surface area contributed by atoms with Crippen LogP contribution >= 0.6 is 0 Å². The Kier molecular flexibility index (Phi) is 4.45. The number of carbonyl (C=O) groups excluding carboxylic acids is 1. The number of carbonyl (C=O) groups is 1. The summed E-state index contributed by atoms with van der Waals surface area (Å²) in [6, 6.07) is -0.0301. The first-order chi connectivity index (χ1) is 8.65.